The molecule has 0 aliphatic carbocycles. The summed E-state index contributed by atoms with van der Waals surface area (Å²) < 4.78 is 2.28. The van der Waals surface area contributed by atoms with Gasteiger partial charge >= 0.3 is 0 Å². The molecule has 1 nitrogen and oxygen atoms in total. The summed E-state index contributed by atoms with van der Waals surface area (Å²) in [7, 11) is 0. The lowest BCUT2D eigenvalue weighted by Crippen LogP contribution is -1.93. The monoisotopic (exact) mass is 234 g/mol. The van der Waals surface area contributed by atoms with Gasteiger partial charge in [-0.1, -0.05) is 64.7 Å². The quantitative estimate of drug-likeness (QED) is 0.462. The van der Waals surface area contributed by atoms with E-state index < -0.39 is 0 Å². The third-order valence-electron chi connectivity index (χ3n) is 3.33. The fraction of sp³-hybridized carbons (Fsp3) is 0.688. The van der Waals surface area contributed by atoms with Crippen LogP contribution < -0.4 is 0 Å². The molecule has 0 bridgehead atoms. The highest BCUT2D eigenvalue weighted by Gasteiger charge is 1.93. The van der Waals surface area contributed by atoms with Crippen LogP contribution in [0.15, 0.2) is 24.5 Å². The number of nitrogens with zero attached hydrogens (tertiary/aromatic N) is 1. The van der Waals surface area contributed by atoms with Crippen molar-refractivity contribution >= 4 is 0 Å². The summed E-state index contributed by atoms with van der Waals surface area (Å²) in [6.07, 6.45) is 18.0. The molecule has 17 heavy (non-hydrogen) atoms. The Morgan fingerprint density at radius 1 is 0.647 bits per heavy atom. The van der Waals surface area contributed by atoms with Crippen molar-refractivity contribution in [1.29, 1.82) is 0 Å². The second-order valence-electron chi connectivity index (χ2n) is 4.96. The summed E-state index contributed by atoms with van der Waals surface area (Å²) in [5.74, 6) is 0. The molecule has 97 valence electrons. The summed E-state index contributed by atoms with van der Waals surface area (Å²) in [6, 6.07) is 4.21. The largest absolute Gasteiger partial charge is 0.354 e. The zero-order valence-corrected chi connectivity index (χ0v) is 11.2. The Kier molecular flexibility index (Phi) is 8.80. The van der Waals surface area contributed by atoms with Gasteiger partial charge in [0.25, 0.3) is 0 Å². The Morgan fingerprint density at radius 3 is 1.65 bits per heavy atom. The van der Waals surface area contributed by atoms with Gasteiger partial charge in [-0.2, -0.15) is 0 Å². The number of hydrogen-bond acceptors (Lipinski definition) is 0. The van der Waals surface area contributed by atoms with Crippen LogP contribution in [-0.2, 0) is 6.54 Å². The minimum atomic E-state index is 1.11. The fourth-order valence-corrected chi connectivity index (χ4v) is 2.23. The zero-order chi connectivity index (χ0) is 12.2. The lowest BCUT2D eigenvalue weighted by atomic mass is 10.1. The summed E-state index contributed by atoms with van der Waals surface area (Å²) in [6.45, 7) is 5.06. The van der Waals surface area contributed by atoms with E-state index >= 15 is 0 Å². The first-order chi connectivity index (χ1) is 8.43. The van der Waals surface area contributed by atoms with Crippen molar-refractivity contribution in [2.45, 2.75) is 70.8 Å². The van der Waals surface area contributed by atoms with E-state index in [0.29, 0.717) is 0 Å². The standard InChI is InChI=1S/C16H28N/c1-2-3-4-5-6-7-8-9-10-11-14-17-15-12-13-16-17/h12-13,15-16H,1-11,14H2. The second kappa shape index (κ2) is 10.4. The normalized spacial score (nSPS) is 10.9. The lowest BCUT2D eigenvalue weighted by Gasteiger charge is -2.03. The van der Waals surface area contributed by atoms with Crippen molar-refractivity contribution in [3.8, 4) is 0 Å². The van der Waals surface area contributed by atoms with Crippen molar-refractivity contribution in [3.05, 3.63) is 31.5 Å². The third-order valence-corrected chi connectivity index (χ3v) is 3.33. The predicted octanol–water partition coefficient (Wildman–Crippen LogP) is 5.22. The third kappa shape index (κ3) is 8.06. The van der Waals surface area contributed by atoms with E-state index in [2.05, 4.69) is 36.0 Å². The highest BCUT2D eigenvalue weighted by atomic mass is 14.9. The van der Waals surface area contributed by atoms with E-state index in [0.717, 1.165) is 6.42 Å². The summed E-state index contributed by atoms with van der Waals surface area (Å²) in [4.78, 5) is 0. The zero-order valence-electron chi connectivity index (χ0n) is 11.2. The number of aromatic nitrogens is 1. The van der Waals surface area contributed by atoms with Crippen molar-refractivity contribution in [1.82, 2.24) is 4.57 Å². The molecule has 1 aromatic heterocycles. The molecule has 0 atom stereocenters. The van der Waals surface area contributed by atoms with Gasteiger partial charge < -0.3 is 4.57 Å². The molecule has 0 aliphatic rings. The molecule has 0 N–H and O–H groups in total. The molecule has 1 heterocycles. The molecule has 0 fully saturated rings. The fourth-order valence-electron chi connectivity index (χ4n) is 2.23. The number of rotatable bonds is 11. The SMILES string of the molecule is [CH2]CCCCCCCCCCCn1cccc1. The first-order valence-corrected chi connectivity index (χ1v) is 7.33. The van der Waals surface area contributed by atoms with Gasteiger partial charge in [0.1, 0.15) is 0 Å². The van der Waals surface area contributed by atoms with Gasteiger partial charge in [0.2, 0.25) is 0 Å². The maximum atomic E-state index is 3.87. The molecule has 1 aromatic rings. The molecule has 0 unspecified atom stereocenters. The molecular weight excluding hydrogens is 206 g/mol. The van der Waals surface area contributed by atoms with Gasteiger partial charge in [0.05, 0.1) is 0 Å². The van der Waals surface area contributed by atoms with Crippen LogP contribution >= 0.6 is 0 Å². The Labute approximate surface area is 107 Å². The number of hydrogen-bond donors (Lipinski definition) is 0. The van der Waals surface area contributed by atoms with E-state index in [4.69, 9.17) is 0 Å². The highest BCUT2D eigenvalue weighted by Crippen LogP contribution is 2.10. The lowest BCUT2D eigenvalue weighted by molar-refractivity contribution is 0.537. The Morgan fingerprint density at radius 2 is 1.12 bits per heavy atom. The summed E-state index contributed by atoms with van der Waals surface area (Å²) in [5, 5.41) is 0. The molecule has 0 spiro atoms. The molecule has 1 rings (SSSR count). The Bertz CT molecular complexity index is 238. The average molecular weight is 234 g/mol. The molecule has 0 saturated carbocycles. The van der Waals surface area contributed by atoms with Gasteiger partial charge in [-0.25, -0.2) is 0 Å². The Hall–Kier alpha value is -0.720. The first kappa shape index (κ1) is 14.3. The predicted molar refractivity (Wildman–Crippen MR) is 76.0 cm³/mol. The minimum absolute atomic E-state index is 1.11. The van der Waals surface area contributed by atoms with E-state index in [1.807, 2.05) is 0 Å². The van der Waals surface area contributed by atoms with E-state index in [1.165, 1.54) is 64.3 Å². The van der Waals surface area contributed by atoms with Gasteiger partial charge in [-0.15, -0.1) is 0 Å². The topological polar surface area (TPSA) is 4.93 Å². The Balaban J connectivity index is 1.76. The van der Waals surface area contributed by atoms with Crippen LogP contribution in [0.4, 0.5) is 0 Å². The number of unbranched alkanes of at least 4 members (excludes halogenated alkanes) is 9. The molecule has 1 radical (unpaired) electrons. The molecule has 0 saturated heterocycles. The van der Waals surface area contributed by atoms with Gasteiger partial charge in [0.15, 0.2) is 0 Å². The van der Waals surface area contributed by atoms with Gasteiger partial charge in [0, 0.05) is 18.9 Å². The minimum Gasteiger partial charge on any atom is -0.354 e. The van der Waals surface area contributed by atoms with Crippen LogP contribution in [-0.4, -0.2) is 4.57 Å². The van der Waals surface area contributed by atoms with Crippen LogP contribution in [0.5, 0.6) is 0 Å². The number of aryl methyl sites for hydroxylation is 1. The van der Waals surface area contributed by atoms with Crippen molar-refractivity contribution in [2.24, 2.45) is 0 Å². The molecule has 0 aromatic carbocycles. The van der Waals surface area contributed by atoms with Crippen LogP contribution in [0.1, 0.15) is 64.2 Å². The summed E-state index contributed by atoms with van der Waals surface area (Å²) in [5.41, 5.74) is 0. The first-order valence-electron chi connectivity index (χ1n) is 7.33. The molecule has 0 amide bonds. The molecular formula is C16H28N. The molecule has 1 heteroatoms. The average Bonchev–Trinajstić information content (AvgIpc) is 2.85. The van der Waals surface area contributed by atoms with Crippen molar-refractivity contribution in [2.75, 3.05) is 0 Å². The second-order valence-corrected chi connectivity index (χ2v) is 4.96. The van der Waals surface area contributed by atoms with Crippen LogP contribution in [0.25, 0.3) is 0 Å². The van der Waals surface area contributed by atoms with Crippen LogP contribution in [0, 0.1) is 6.92 Å². The maximum absolute atomic E-state index is 3.87. The maximum Gasteiger partial charge on any atom is 0.0219 e. The van der Waals surface area contributed by atoms with E-state index in [1.54, 1.807) is 0 Å². The van der Waals surface area contributed by atoms with Crippen molar-refractivity contribution in [3.63, 3.8) is 0 Å². The molecule has 0 aliphatic heterocycles. The summed E-state index contributed by atoms with van der Waals surface area (Å²) >= 11 is 0. The van der Waals surface area contributed by atoms with Gasteiger partial charge in [-0.05, 0) is 18.6 Å². The van der Waals surface area contributed by atoms with Gasteiger partial charge in [-0.3, -0.25) is 0 Å². The van der Waals surface area contributed by atoms with E-state index in [-0.39, 0.29) is 0 Å². The van der Waals surface area contributed by atoms with Crippen LogP contribution in [0.3, 0.4) is 0 Å². The van der Waals surface area contributed by atoms with E-state index in [9.17, 15) is 0 Å². The van der Waals surface area contributed by atoms with Crippen LogP contribution in [0.2, 0.25) is 0 Å². The van der Waals surface area contributed by atoms with Crippen molar-refractivity contribution < 1.29 is 0 Å². The smallest absolute Gasteiger partial charge is 0.0219 e. The highest BCUT2D eigenvalue weighted by molar-refractivity contribution is 4.89.